The zero-order chi connectivity index (χ0) is 32.3. The van der Waals surface area contributed by atoms with Gasteiger partial charge < -0.3 is 24.5 Å². The molecule has 46 heavy (non-hydrogen) atoms. The van der Waals surface area contributed by atoms with Gasteiger partial charge in [-0.05, 0) is 67.6 Å². The number of carbonyl (C=O) groups excluding carboxylic acids is 1. The maximum atomic E-state index is 14.3. The minimum absolute atomic E-state index is 0.0125. The number of aryl methyl sites for hydroxylation is 1. The molecule has 240 valence electrons. The number of alkyl halides is 1. The van der Waals surface area contributed by atoms with Crippen molar-refractivity contribution in [1.29, 1.82) is 0 Å². The van der Waals surface area contributed by atoms with E-state index in [9.17, 15) is 17.6 Å². The molecule has 7 rings (SSSR count). The number of piperidine rings is 1. The second-order valence-electron chi connectivity index (χ2n) is 12.5. The predicted octanol–water partition coefficient (Wildman–Crippen LogP) is 4.98. The number of amides is 1. The number of carbonyl (C=O) groups is 1. The molecule has 3 aromatic heterocycles. The van der Waals surface area contributed by atoms with Crippen LogP contribution in [0, 0.1) is 5.92 Å². The van der Waals surface area contributed by atoms with E-state index in [1.54, 1.807) is 50.4 Å². The average molecular weight is 645 g/mol. The van der Waals surface area contributed by atoms with E-state index in [0.29, 0.717) is 40.0 Å². The highest BCUT2D eigenvalue weighted by Gasteiger charge is 2.30. The number of benzene rings is 2. The Morgan fingerprint density at radius 1 is 1.07 bits per heavy atom. The van der Waals surface area contributed by atoms with Gasteiger partial charge in [-0.15, -0.1) is 0 Å². The third kappa shape index (κ3) is 5.43. The number of sulfone groups is 1. The van der Waals surface area contributed by atoms with E-state index in [0.717, 1.165) is 52.9 Å². The van der Waals surface area contributed by atoms with Crippen LogP contribution in [0.5, 0.6) is 5.75 Å². The van der Waals surface area contributed by atoms with Gasteiger partial charge in [0.25, 0.3) is 5.91 Å². The maximum Gasteiger partial charge on any atom is 0.254 e. The number of hydrogen-bond donors (Lipinski definition) is 1. The fraction of sp³-hybridized carbons (Fsp3) is 0.382. The van der Waals surface area contributed by atoms with Gasteiger partial charge in [-0.1, -0.05) is 19.1 Å². The van der Waals surface area contributed by atoms with Gasteiger partial charge in [0.05, 0.1) is 41.2 Å². The minimum Gasteiger partial charge on any atom is -0.494 e. The van der Waals surface area contributed by atoms with Crippen LogP contribution in [0.2, 0.25) is 0 Å². The molecule has 0 radical (unpaired) electrons. The van der Waals surface area contributed by atoms with E-state index in [2.05, 4.69) is 10.6 Å². The van der Waals surface area contributed by atoms with Crippen LogP contribution in [0.4, 0.5) is 4.39 Å². The van der Waals surface area contributed by atoms with E-state index in [1.165, 1.54) is 4.90 Å². The molecule has 2 aromatic carbocycles. The van der Waals surface area contributed by atoms with Gasteiger partial charge in [-0.2, -0.15) is 0 Å². The standard InChI is InChI=1S/C34H37FN6O4S/c1-4-46(43,44)26-10-7-21(8-11-26)27-12-9-22-14-29(41(32(22)37-27)17-20-5-6-20)33-38-28-13-23(15-30(45-3)31(28)39(33)2)34(42)40-18-24(35)16-25(36)19-40/h7-15,20,24-25H,4-6,16-19,36H2,1-3H3/t24-,25-/m1/s1. The van der Waals surface area contributed by atoms with Gasteiger partial charge in [0.1, 0.15) is 23.1 Å². The Labute approximate surface area is 266 Å². The van der Waals surface area contributed by atoms with Crippen molar-refractivity contribution in [1.82, 2.24) is 24.0 Å². The van der Waals surface area contributed by atoms with E-state index < -0.39 is 22.1 Å². The quantitative estimate of drug-likeness (QED) is 0.253. The molecule has 0 spiro atoms. The number of methoxy groups -OCH3 is 1. The number of rotatable bonds is 8. The summed E-state index contributed by atoms with van der Waals surface area (Å²) in [5, 5.41) is 0.960. The number of hydrogen-bond acceptors (Lipinski definition) is 7. The number of nitrogens with zero attached hydrogens (tertiary/aromatic N) is 5. The molecular weight excluding hydrogens is 607 g/mol. The molecule has 1 aliphatic heterocycles. The molecule has 0 bridgehead atoms. The molecule has 12 heteroatoms. The normalized spacial score (nSPS) is 18.8. The highest BCUT2D eigenvalue weighted by Crippen LogP contribution is 2.38. The van der Waals surface area contributed by atoms with Crippen LogP contribution in [0.25, 0.3) is 44.8 Å². The Bertz CT molecular complexity index is 2070. The smallest absolute Gasteiger partial charge is 0.254 e. The molecule has 2 N–H and O–H groups in total. The predicted molar refractivity (Wildman–Crippen MR) is 175 cm³/mol. The summed E-state index contributed by atoms with van der Waals surface area (Å²) < 4.78 is 48.9. The van der Waals surface area contributed by atoms with E-state index >= 15 is 0 Å². The first-order chi connectivity index (χ1) is 22.1. The van der Waals surface area contributed by atoms with Crippen LogP contribution in [0.1, 0.15) is 36.5 Å². The van der Waals surface area contributed by atoms with Crippen LogP contribution >= 0.6 is 0 Å². The molecule has 2 aliphatic rings. The Hall–Kier alpha value is -4.29. The number of imidazole rings is 1. The summed E-state index contributed by atoms with van der Waals surface area (Å²) in [6, 6.07) is 16.0. The molecule has 2 atom stereocenters. The Morgan fingerprint density at radius 3 is 2.50 bits per heavy atom. The summed E-state index contributed by atoms with van der Waals surface area (Å²) in [4.78, 5) is 25.3. The third-order valence-electron chi connectivity index (χ3n) is 9.12. The number of fused-ring (bicyclic) bond motifs is 2. The first kappa shape index (κ1) is 30.4. The average Bonchev–Trinajstić information content (AvgIpc) is 3.72. The van der Waals surface area contributed by atoms with Crippen LogP contribution in [-0.4, -0.2) is 76.5 Å². The number of likely N-dealkylation sites (tertiary alicyclic amines) is 1. The van der Waals surface area contributed by atoms with Gasteiger partial charge in [0, 0.05) is 42.7 Å². The zero-order valence-corrected chi connectivity index (χ0v) is 26.9. The Balaban J connectivity index is 1.31. The van der Waals surface area contributed by atoms with E-state index in [-0.39, 0.29) is 24.6 Å². The number of pyridine rings is 1. The molecule has 4 heterocycles. The minimum atomic E-state index is -3.29. The number of nitrogens with two attached hydrogens (primary N) is 1. The number of ether oxygens (including phenoxy) is 1. The first-order valence-corrected chi connectivity index (χ1v) is 17.3. The lowest BCUT2D eigenvalue weighted by atomic mass is 10.0. The number of halogens is 1. The van der Waals surface area contributed by atoms with Gasteiger partial charge in [0.2, 0.25) is 0 Å². The fourth-order valence-corrected chi connectivity index (χ4v) is 7.34. The van der Waals surface area contributed by atoms with Crippen molar-refractivity contribution >= 4 is 37.8 Å². The van der Waals surface area contributed by atoms with Crippen LogP contribution < -0.4 is 10.5 Å². The maximum absolute atomic E-state index is 14.3. The van der Waals surface area contributed by atoms with Crippen molar-refractivity contribution in [3.8, 4) is 28.5 Å². The second-order valence-corrected chi connectivity index (χ2v) is 14.7. The second kappa shape index (κ2) is 11.5. The lowest BCUT2D eigenvalue weighted by molar-refractivity contribution is 0.0606. The molecular formula is C34H37FN6O4S. The van der Waals surface area contributed by atoms with E-state index in [4.69, 9.17) is 20.4 Å². The molecule has 1 aliphatic carbocycles. The molecule has 1 saturated heterocycles. The lowest BCUT2D eigenvalue weighted by Crippen LogP contribution is -2.50. The topological polar surface area (TPSA) is 125 Å². The van der Waals surface area contributed by atoms with Crippen molar-refractivity contribution in [2.24, 2.45) is 18.7 Å². The summed E-state index contributed by atoms with van der Waals surface area (Å²) in [6.45, 7) is 2.73. The Kier molecular flexibility index (Phi) is 7.59. The summed E-state index contributed by atoms with van der Waals surface area (Å²) in [5.41, 5.74) is 11.0. The van der Waals surface area contributed by atoms with Crippen molar-refractivity contribution in [3.63, 3.8) is 0 Å². The molecule has 10 nitrogen and oxygen atoms in total. The molecule has 1 saturated carbocycles. The molecule has 1 amide bonds. The lowest BCUT2D eigenvalue weighted by Gasteiger charge is -2.33. The SMILES string of the molecule is CCS(=O)(=O)c1ccc(-c2ccc3cc(-c4nc5cc(C(=O)N6C[C@H](N)C[C@@H](F)C6)cc(OC)c5n4C)n(CC4CC4)c3n2)cc1. The summed E-state index contributed by atoms with van der Waals surface area (Å²) in [5.74, 6) is 1.49. The number of aromatic nitrogens is 4. The van der Waals surface area contributed by atoms with Gasteiger partial charge >= 0.3 is 0 Å². The third-order valence-corrected chi connectivity index (χ3v) is 10.9. The van der Waals surface area contributed by atoms with Crippen molar-refractivity contribution in [3.05, 3.63) is 60.2 Å². The molecule has 2 fully saturated rings. The van der Waals surface area contributed by atoms with Gasteiger partial charge in [0.15, 0.2) is 15.7 Å². The summed E-state index contributed by atoms with van der Waals surface area (Å²) in [7, 11) is 0.191. The highest BCUT2D eigenvalue weighted by atomic mass is 32.2. The van der Waals surface area contributed by atoms with Crippen LogP contribution in [-0.2, 0) is 23.4 Å². The van der Waals surface area contributed by atoms with Crippen molar-refractivity contribution < 1.29 is 22.3 Å². The Morgan fingerprint density at radius 2 is 1.83 bits per heavy atom. The van der Waals surface area contributed by atoms with Crippen LogP contribution in [0.3, 0.4) is 0 Å². The monoisotopic (exact) mass is 644 g/mol. The molecule has 5 aromatic rings. The molecule has 0 unspecified atom stereocenters. The zero-order valence-electron chi connectivity index (χ0n) is 26.1. The highest BCUT2D eigenvalue weighted by molar-refractivity contribution is 7.91. The summed E-state index contributed by atoms with van der Waals surface area (Å²) >= 11 is 0. The van der Waals surface area contributed by atoms with Crippen LogP contribution in [0.15, 0.2) is 59.5 Å². The van der Waals surface area contributed by atoms with Gasteiger partial charge in [-0.25, -0.2) is 22.8 Å². The summed E-state index contributed by atoms with van der Waals surface area (Å²) in [6.07, 6.45) is 1.39. The largest absolute Gasteiger partial charge is 0.494 e. The van der Waals surface area contributed by atoms with Crippen molar-refractivity contribution in [2.75, 3.05) is 26.0 Å². The van der Waals surface area contributed by atoms with E-state index in [1.807, 2.05) is 23.7 Å². The van der Waals surface area contributed by atoms with Gasteiger partial charge in [-0.3, -0.25) is 4.79 Å². The van der Waals surface area contributed by atoms with Crippen molar-refractivity contribution in [2.45, 2.75) is 49.8 Å². The first-order valence-electron chi connectivity index (χ1n) is 15.6. The fourth-order valence-electron chi connectivity index (χ4n) is 6.46.